The van der Waals surface area contributed by atoms with Crippen LogP contribution in [0.2, 0.25) is 5.02 Å². The second-order valence-corrected chi connectivity index (χ2v) is 8.82. The average Bonchev–Trinajstić information content (AvgIpc) is 2.79. The first-order chi connectivity index (χ1) is 14.3. The molecule has 0 spiro atoms. The van der Waals surface area contributed by atoms with Crippen molar-refractivity contribution in [2.75, 3.05) is 39.3 Å². The second kappa shape index (κ2) is 10.6. The Labute approximate surface area is 180 Å². The topological polar surface area (TPSA) is 15.7 Å². The molecular weight excluding hydrogens is 380 g/mol. The van der Waals surface area contributed by atoms with E-state index < -0.39 is 0 Å². The van der Waals surface area contributed by atoms with Crippen LogP contribution >= 0.6 is 11.6 Å². The van der Waals surface area contributed by atoms with Gasteiger partial charge in [0.25, 0.3) is 0 Å². The quantitative estimate of drug-likeness (QED) is 0.605. The maximum Gasteiger partial charge on any atom is 0.108 e. The molecule has 1 aliphatic heterocycles. The molecule has 1 unspecified atom stereocenters. The third kappa shape index (κ3) is 5.82. The van der Waals surface area contributed by atoms with Gasteiger partial charge in [-0.05, 0) is 36.1 Å². The minimum absolute atomic E-state index is 0.0444. The Balaban J connectivity index is 1.29. The van der Waals surface area contributed by atoms with Gasteiger partial charge in [-0.25, -0.2) is 0 Å². The zero-order valence-corrected chi connectivity index (χ0v) is 18.1. The third-order valence-electron chi connectivity index (χ3n) is 6.47. The van der Waals surface area contributed by atoms with E-state index in [-0.39, 0.29) is 6.10 Å². The van der Waals surface area contributed by atoms with E-state index >= 15 is 0 Å². The van der Waals surface area contributed by atoms with Gasteiger partial charge in [0.05, 0.1) is 6.61 Å². The van der Waals surface area contributed by atoms with Crippen LogP contribution in [0.5, 0.6) is 0 Å². The number of ether oxygens (including phenoxy) is 1. The highest BCUT2D eigenvalue weighted by Crippen LogP contribution is 2.27. The predicted octanol–water partition coefficient (Wildman–Crippen LogP) is 5.40. The van der Waals surface area contributed by atoms with Gasteiger partial charge in [-0.3, -0.25) is 9.80 Å². The van der Waals surface area contributed by atoms with E-state index in [4.69, 9.17) is 16.3 Å². The van der Waals surface area contributed by atoms with Crippen LogP contribution in [0.4, 0.5) is 0 Å². The Kier molecular flexibility index (Phi) is 7.61. The van der Waals surface area contributed by atoms with Crippen LogP contribution in [0.3, 0.4) is 0 Å². The molecule has 2 aromatic carbocycles. The summed E-state index contributed by atoms with van der Waals surface area (Å²) in [6.07, 6.45) is 7.04. The van der Waals surface area contributed by atoms with Crippen LogP contribution in [0.15, 0.2) is 54.6 Å². The lowest BCUT2D eigenvalue weighted by atomic mass is 9.94. The van der Waals surface area contributed by atoms with Crippen LogP contribution in [0.1, 0.15) is 49.3 Å². The van der Waals surface area contributed by atoms with E-state index in [1.165, 1.54) is 50.8 Å². The molecule has 1 atom stereocenters. The standard InChI is InChI=1S/C25H33ClN2O/c26-23-13-11-22(12-14-23)25(21-7-3-1-4-8-21)29-20-19-27-15-17-28(18-16-27)24-9-5-2-6-10-24/h1,3-4,7-8,11-14,24-25H,2,5-6,9-10,15-20H2. The molecule has 4 rings (SSSR count). The SMILES string of the molecule is Clc1ccc(C(OCCN2CCN(C3CCCCC3)CC2)c2ccccc2)cc1. The van der Waals surface area contributed by atoms with Crippen molar-refractivity contribution >= 4 is 11.6 Å². The molecule has 2 fully saturated rings. The van der Waals surface area contributed by atoms with Crippen molar-refractivity contribution in [3.8, 4) is 0 Å². The van der Waals surface area contributed by atoms with Crippen molar-refractivity contribution in [2.45, 2.75) is 44.2 Å². The zero-order valence-electron chi connectivity index (χ0n) is 17.3. The van der Waals surface area contributed by atoms with E-state index in [9.17, 15) is 0 Å². The van der Waals surface area contributed by atoms with Crippen LogP contribution in [0, 0.1) is 0 Å². The number of nitrogens with zero attached hydrogens (tertiary/aromatic N) is 2. The summed E-state index contributed by atoms with van der Waals surface area (Å²) in [5, 5.41) is 0.761. The summed E-state index contributed by atoms with van der Waals surface area (Å²) >= 11 is 6.08. The van der Waals surface area contributed by atoms with Gasteiger partial charge in [-0.2, -0.15) is 0 Å². The summed E-state index contributed by atoms with van der Waals surface area (Å²) in [4.78, 5) is 5.29. The smallest absolute Gasteiger partial charge is 0.108 e. The van der Waals surface area contributed by atoms with Gasteiger partial charge < -0.3 is 4.74 Å². The Bertz CT molecular complexity index is 722. The molecule has 1 saturated carbocycles. The molecular formula is C25H33ClN2O. The van der Waals surface area contributed by atoms with E-state index in [2.05, 4.69) is 46.2 Å². The molecule has 0 aromatic heterocycles. The zero-order chi connectivity index (χ0) is 19.9. The lowest BCUT2D eigenvalue weighted by molar-refractivity contribution is 0.0336. The lowest BCUT2D eigenvalue weighted by Gasteiger charge is -2.40. The third-order valence-corrected chi connectivity index (χ3v) is 6.72. The molecule has 29 heavy (non-hydrogen) atoms. The number of hydrogen-bond donors (Lipinski definition) is 0. The molecule has 3 nitrogen and oxygen atoms in total. The fraction of sp³-hybridized carbons (Fsp3) is 0.520. The summed E-state index contributed by atoms with van der Waals surface area (Å²) in [6.45, 7) is 6.49. The molecule has 2 aromatic rings. The summed E-state index contributed by atoms with van der Waals surface area (Å²) < 4.78 is 6.40. The highest BCUT2D eigenvalue weighted by molar-refractivity contribution is 6.30. The number of benzene rings is 2. The summed E-state index contributed by atoms with van der Waals surface area (Å²) in [5.41, 5.74) is 2.35. The van der Waals surface area contributed by atoms with Crippen LogP contribution in [0.25, 0.3) is 0 Å². The summed E-state index contributed by atoms with van der Waals surface area (Å²) in [6, 6.07) is 19.4. The molecule has 0 bridgehead atoms. The first kappa shape index (κ1) is 20.9. The largest absolute Gasteiger partial charge is 0.367 e. The maximum absolute atomic E-state index is 6.40. The normalized spacial score (nSPS) is 20.6. The first-order valence-electron chi connectivity index (χ1n) is 11.2. The van der Waals surface area contributed by atoms with Gasteiger partial charge in [0.15, 0.2) is 0 Å². The van der Waals surface area contributed by atoms with Gasteiger partial charge in [0, 0.05) is 43.8 Å². The van der Waals surface area contributed by atoms with E-state index in [0.717, 1.165) is 42.9 Å². The number of rotatable bonds is 7. The molecule has 2 aliphatic rings. The Morgan fingerprint density at radius 2 is 1.48 bits per heavy atom. The van der Waals surface area contributed by atoms with Gasteiger partial charge in [-0.1, -0.05) is 73.3 Å². The minimum atomic E-state index is -0.0444. The highest BCUT2D eigenvalue weighted by Gasteiger charge is 2.25. The molecule has 156 valence electrons. The fourth-order valence-corrected chi connectivity index (χ4v) is 4.87. The monoisotopic (exact) mass is 412 g/mol. The maximum atomic E-state index is 6.40. The minimum Gasteiger partial charge on any atom is -0.367 e. The predicted molar refractivity (Wildman–Crippen MR) is 121 cm³/mol. The van der Waals surface area contributed by atoms with E-state index in [1.54, 1.807) is 0 Å². The highest BCUT2D eigenvalue weighted by atomic mass is 35.5. The first-order valence-corrected chi connectivity index (χ1v) is 11.6. The lowest BCUT2D eigenvalue weighted by Crippen LogP contribution is -2.51. The Morgan fingerprint density at radius 3 is 2.17 bits per heavy atom. The molecule has 4 heteroatoms. The van der Waals surface area contributed by atoms with Crippen LogP contribution in [-0.2, 0) is 4.74 Å². The van der Waals surface area contributed by atoms with Gasteiger partial charge in [0.1, 0.15) is 6.10 Å². The fourth-order valence-electron chi connectivity index (χ4n) is 4.75. The summed E-state index contributed by atoms with van der Waals surface area (Å²) in [5.74, 6) is 0. The van der Waals surface area contributed by atoms with Crippen molar-refractivity contribution < 1.29 is 4.74 Å². The van der Waals surface area contributed by atoms with Crippen molar-refractivity contribution in [1.82, 2.24) is 9.80 Å². The van der Waals surface area contributed by atoms with E-state index in [1.807, 2.05) is 18.2 Å². The molecule has 1 saturated heterocycles. The average molecular weight is 413 g/mol. The van der Waals surface area contributed by atoms with Crippen molar-refractivity contribution in [1.29, 1.82) is 0 Å². The van der Waals surface area contributed by atoms with Gasteiger partial charge in [0.2, 0.25) is 0 Å². The number of piperazine rings is 1. The van der Waals surface area contributed by atoms with Crippen LogP contribution in [-0.4, -0.2) is 55.2 Å². The second-order valence-electron chi connectivity index (χ2n) is 8.38. The summed E-state index contributed by atoms with van der Waals surface area (Å²) in [7, 11) is 0. The molecule has 0 radical (unpaired) electrons. The van der Waals surface area contributed by atoms with Gasteiger partial charge in [-0.15, -0.1) is 0 Å². The van der Waals surface area contributed by atoms with Crippen LogP contribution < -0.4 is 0 Å². The number of hydrogen-bond acceptors (Lipinski definition) is 3. The Morgan fingerprint density at radius 1 is 0.828 bits per heavy atom. The van der Waals surface area contributed by atoms with Gasteiger partial charge >= 0.3 is 0 Å². The van der Waals surface area contributed by atoms with Crippen molar-refractivity contribution in [2.24, 2.45) is 0 Å². The molecule has 1 aliphatic carbocycles. The molecule has 0 N–H and O–H groups in total. The van der Waals surface area contributed by atoms with Crippen molar-refractivity contribution in [3.63, 3.8) is 0 Å². The number of halogens is 1. The molecule has 1 heterocycles. The van der Waals surface area contributed by atoms with Crippen molar-refractivity contribution in [3.05, 3.63) is 70.7 Å². The molecule has 0 amide bonds. The Hall–Kier alpha value is -1.39. The van der Waals surface area contributed by atoms with E-state index in [0.29, 0.717) is 0 Å².